The highest BCUT2D eigenvalue weighted by molar-refractivity contribution is 7.99. The van der Waals surface area contributed by atoms with Gasteiger partial charge in [0.05, 0.1) is 17.5 Å². The molecule has 0 spiro atoms. The van der Waals surface area contributed by atoms with Gasteiger partial charge in [0.25, 0.3) is 0 Å². The van der Waals surface area contributed by atoms with E-state index < -0.39 is 30.3 Å². The van der Waals surface area contributed by atoms with E-state index in [9.17, 15) is 19.2 Å². The van der Waals surface area contributed by atoms with Gasteiger partial charge < -0.3 is 5.32 Å². The van der Waals surface area contributed by atoms with Gasteiger partial charge in [-0.1, -0.05) is 31.9 Å². The molecule has 1 aromatic rings. The van der Waals surface area contributed by atoms with Crippen molar-refractivity contribution >= 4 is 41.2 Å². The van der Waals surface area contributed by atoms with Crippen molar-refractivity contribution in [2.24, 2.45) is 5.92 Å². The van der Waals surface area contributed by atoms with Crippen molar-refractivity contribution in [1.29, 1.82) is 5.26 Å². The third-order valence-corrected chi connectivity index (χ3v) is 6.18. The average Bonchev–Trinajstić information content (AvgIpc) is 2.91. The highest BCUT2D eigenvalue weighted by Crippen LogP contribution is 2.31. The van der Waals surface area contributed by atoms with Crippen LogP contribution in [0.2, 0.25) is 0 Å². The van der Waals surface area contributed by atoms with Gasteiger partial charge in [-0.25, -0.2) is 9.69 Å². The third-order valence-electron chi connectivity index (χ3n) is 5.24. The number of hydrogen-bond donors (Lipinski definition) is 1. The van der Waals surface area contributed by atoms with Crippen molar-refractivity contribution in [2.75, 3.05) is 17.6 Å². The summed E-state index contributed by atoms with van der Waals surface area (Å²) in [5, 5.41) is 11.4. The Morgan fingerprint density at radius 1 is 1.21 bits per heavy atom. The Hall–Kier alpha value is -2.86. The smallest absolute Gasteiger partial charge is 0.324 e. The van der Waals surface area contributed by atoms with Crippen LogP contribution >= 0.6 is 11.8 Å². The number of carbonyl (C=O) groups is 4. The van der Waals surface area contributed by atoms with E-state index in [-0.39, 0.29) is 17.7 Å². The molecule has 3 rings (SSSR count). The number of nitrogens with zero attached hydrogens (tertiary/aromatic N) is 3. The lowest BCUT2D eigenvalue weighted by molar-refractivity contribution is -0.145. The summed E-state index contributed by atoms with van der Waals surface area (Å²) in [7, 11) is 0. The summed E-state index contributed by atoms with van der Waals surface area (Å²) in [6.07, 6.45) is 3.51. The number of urea groups is 1. The zero-order valence-corrected chi connectivity index (χ0v) is 16.9. The van der Waals surface area contributed by atoms with Gasteiger partial charge in [-0.15, -0.1) is 11.8 Å². The molecule has 29 heavy (non-hydrogen) atoms. The van der Waals surface area contributed by atoms with Crippen LogP contribution in [0.5, 0.6) is 0 Å². The number of imide groups is 2. The van der Waals surface area contributed by atoms with E-state index in [1.807, 2.05) is 13.0 Å². The minimum atomic E-state index is -0.963. The third kappa shape index (κ3) is 4.43. The molecule has 9 heteroatoms. The van der Waals surface area contributed by atoms with Gasteiger partial charge in [0.2, 0.25) is 5.91 Å². The van der Waals surface area contributed by atoms with Crippen molar-refractivity contribution in [3.05, 3.63) is 24.3 Å². The number of carbonyl (C=O) groups excluding carboxylic acids is 4. The lowest BCUT2D eigenvalue weighted by Gasteiger charge is -2.34. The van der Waals surface area contributed by atoms with Gasteiger partial charge in [0, 0.05) is 10.9 Å². The summed E-state index contributed by atoms with van der Waals surface area (Å²) in [6, 6.07) is 7.95. The summed E-state index contributed by atoms with van der Waals surface area (Å²) in [5.41, 5.74) is 0.487. The molecule has 1 N–H and O–H groups in total. The summed E-state index contributed by atoms with van der Waals surface area (Å²) < 4.78 is 0. The van der Waals surface area contributed by atoms with Crippen LogP contribution in [0, 0.1) is 17.2 Å². The standard InChI is InChI=1S/C20H22N4O4S/c1-13-6-2-4-8-15(13)24-19(27)18(26)23(20(24)28)12-17(25)22-14-7-3-5-9-16(14)29-11-10-21/h3,5,7,9,13,15H,2,4,6,8,11-12H2,1H3,(H,22,25)/t13-,15-/m0/s1. The molecule has 1 aliphatic carbocycles. The molecule has 1 aliphatic heterocycles. The SMILES string of the molecule is C[C@H]1CCCC[C@@H]1N1C(=O)C(=O)N(CC(=O)Nc2ccccc2SCC#N)C1=O. The second-order valence-electron chi connectivity index (χ2n) is 7.17. The second-order valence-corrected chi connectivity index (χ2v) is 8.19. The van der Waals surface area contributed by atoms with Crippen LogP contribution in [-0.2, 0) is 14.4 Å². The number of benzene rings is 1. The number of rotatable bonds is 6. The molecular formula is C20H22N4O4S. The largest absolute Gasteiger partial charge is 0.334 e. The van der Waals surface area contributed by atoms with Crippen LogP contribution < -0.4 is 5.32 Å². The molecule has 2 atom stereocenters. The van der Waals surface area contributed by atoms with E-state index in [2.05, 4.69) is 5.32 Å². The van der Waals surface area contributed by atoms with Gasteiger partial charge in [-0.05, 0) is 30.9 Å². The number of para-hydroxylation sites is 1. The van der Waals surface area contributed by atoms with Crippen molar-refractivity contribution in [3.8, 4) is 6.07 Å². The highest BCUT2D eigenvalue weighted by atomic mass is 32.2. The van der Waals surface area contributed by atoms with E-state index in [1.54, 1.807) is 24.3 Å². The summed E-state index contributed by atoms with van der Waals surface area (Å²) in [6.45, 7) is 1.44. The van der Waals surface area contributed by atoms with Gasteiger partial charge in [0.15, 0.2) is 0 Å². The summed E-state index contributed by atoms with van der Waals surface area (Å²) in [5.74, 6) is -2.05. The van der Waals surface area contributed by atoms with Crippen molar-refractivity contribution in [1.82, 2.24) is 9.80 Å². The normalized spacial score (nSPS) is 22.0. The maximum Gasteiger partial charge on any atom is 0.334 e. The lowest BCUT2D eigenvalue weighted by atomic mass is 9.85. The lowest BCUT2D eigenvalue weighted by Crippen LogP contribution is -2.46. The van der Waals surface area contributed by atoms with Crippen LogP contribution in [0.3, 0.4) is 0 Å². The first kappa shape index (κ1) is 20.9. The fourth-order valence-corrected chi connectivity index (χ4v) is 4.44. The highest BCUT2D eigenvalue weighted by Gasteiger charge is 2.49. The molecular weight excluding hydrogens is 392 g/mol. The topological polar surface area (TPSA) is 111 Å². The molecule has 0 aromatic heterocycles. The first-order chi connectivity index (χ1) is 13.9. The molecule has 1 saturated heterocycles. The average molecular weight is 414 g/mol. The first-order valence-electron chi connectivity index (χ1n) is 9.51. The predicted octanol–water partition coefficient (Wildman–Crippen LogP) is 2.61. The molecule has 2 fully saturated rings. The Morgan fingerprint density at radius 2 is 1.93 bits per heavy atom. The number of amides is 5. The quantitative estimate of drug-likeness (QED) is 0.435. The van der Waals surface area contributed by atoms with E-state index in [0.29, 0.717) is 21.9 Å². The maximum absolute atomic E-state index is 12.8. The van der Waals surface area contributed by atoms with E-state index in [4.69, 9.17) is 5.26 Å². The Kier molecular flexibility index (Phi) is 6.54. The minimum absolute atomic E-state index is 0.127. The molecule has 0 radical (unpaired) electrons. The maximum atomic E-state index is 12.8. The van der Waals surface area contributed by atoms with Gasteiger partial charge in [0.1, 0.15) is 6.54 Å². The molecule has 1 saturated carbocycles. The molecule has 1 heterocycles. The molecule has 0 bridgehead atoms. The van der Waals surface area contributed by atoms with Crippen LogP contribution in [0.15, 0.2) is 29.2 Å². The number of hydrogen-bond acceptors (Lipinski definition) is 6. The Morgan fingerprint density at radius 3 is 2.66 bits per heavy atom. The number of nitriles is 1. The predicted molar refractivity (Wildman–Crippen MR) is 107 cm³/mol. The molecule has 152 valence electrons. The van der Waals surface area contributed by atoms with Gasteiger partial charge in [-0.2, -0.15) is 5.26 Å². The fourth-order valence-electron chi connectivity index (χ4n) is 3.77. The molecule has 8 nitrogen and oxygen atoms in total. The Labute approximate surface area is 173 Å². The Bertz CT molecular complexity index is 881. The van der Waals surface area contributed by atoms with Crippen LogP contribution in [0.4, 0.5) is 10.5 Å². The van der Waals surface area contributed by atoms with Crippen LogP contribution in [0.25, 0.3) is 0 Å². The summed E-state index contributed by atoms with van der Waals surface area (Å²) >= 11 is 1.27. The van der Waals surface area contributed by atoms with Crippen molar-refractivity contribution in [3.63, 3.8) is 0 Å². The fraction of sp³-hybridized carbons (Fsp3) is 0.450. The van der Waals surface area contributed by atoms with Crippen molar-refractivity contribution in [2.45, 2.75) is 43.5 Å². The number of nitrogens with one attached hydrogen (secondary N) is 1. The molecule has 5 amide bonds. The zero-order valence-electron chi connectivity index (χ0n) is 16.1. The van der Waals surface area contributed by atoms with Crippen molar-refractivity contribution < 1.29 is 19.2 Å². The molecule has 2 aliphatic rings. The van der Waals surface area contributed by atoms with E-state index >= 15 is 0 Å². The minimum Gasteiger partial charge on any atom is -0.324 e. The monoisotopic (exact) mass is 414 g/mol. The number of anilines is 1. The van der Waals surface area contributed by atoms with E-state index in [1.165, 1.54) is 11.8 Å². The van der Waals surface area contributed by atoms with Gasteiger partial charge in [-0.3, -0.25) is 19.3 Å². The summed E-state index contributed by atoms with van der Waals surface area (Å²) in [4.78, 5) is 52.5. The second kappa shape index (κ2) is 9.09. The van der Waals surface area contributed by atoms with Gasteiger partial charge >= 0.3 is 17.8 Å². The van der Waals surface area contributed by atoms with Crippen LogP contribution in [0.1, 0.15) is 32.6 Å². The zero-order chi connectivity index (χ0) is 21.0. The van der Waals surface area contributed by atoms with Crippen LogP contribution in [-0.4, -0.2) is 51.9 Å². The van der Waals surface area contributed by atoms with E-state index in [0.717, 1.165) is 24.2 Å². The Balaban J connectivity index is 1.69. The first-order valence-corrected chi connectivity index (χ1v) is 10.5. The molecule has 0 unspecified atom stereocenters. The number of thioether (sulfide) groups is 1. The molecule has 1 aromatic carbocycles.